The van der Waals surface area contributed by atoms with Gasteiger partial charge in [0, 0.05) is 11.2 Å². The lowest BCUT2D eigenvalue weighted by Crippen LogP contribution is -2.08. The van der Waals surface area contributed by atoms with E-state index in [9.17, 15) is 4.79 Å². The molecule has 6 heteroatoms. The Labute approximate surface area is 121 Å². The number of hydrogen-bond donors (Lipinski definition) is 1. The van der Waals surface area contributed by atoms with E-state index in [0.29, 0.717) is 16.5 Å². The van der Waals surface area contributed by atoms with E-state index >= 15 is 0 Å². The van der Waals surface area contributed by atoms with Crippen molar-refractivity contribution >= 4 is 17.6 Å². The Hall–Kier alpha value is -2.14. The molecule has 1 heterocycles. The van der Waals surface area contributed by atoms with Crippen LogP contribution < -0.4 is 4.74 Å². The van der Waals surface area contributed by atoms with Gasteiger partial charge in [-0.3, -0.25) is 0 Å². The number of aromatic nitrogens is 2. The van der Waals surface area contributed by atoms with E-state index in [2.05, 4.69) is 9.97 Å². The maximum Gasteiger partial charge on any atom is 0.339 e. The third-order valence-electron chi connectivity index (χ3n) is 2.81. The van der Waals surface area contributed by atoms with Crippen molar-refractivity contribution in [1.29, 1.82) is 0 Å². The molecule has 1 aromatic carbocycles. The zero-order valence-corrected chi connectivity index (χ0v) is 11.8. The van der Waals surface area contributed by atoms with Gasteiger partial charge in [0.15, 0.2) is 0 Å². The van der Waals surface area contributed by atoms with E-state index in [1.165, 1.54) is 12.5 Å². The fraction of sp³-hybridized carbons (Fsp3) is 0.214. The molecule has 5 nitrogen and oxygen atoms in total. The van der Waals surface area contributed by atoms with Gasteiger partial charge in [-0.2, -0.15) is 0 Å². The van der Waals surface area contributed by atoms with Gasteiger partial charge >= 0.3 is 5.97 Å². The van der Waals surface area contributed by atoms with Crippen molar-refractivity contribution < 1.29 is 14.6 Å². The highest BCUT2D eigenvalue weighted by Crippen LogP contribution is 2.26. The fourth-order valence-electron chi connectivity index (χ4n) is 1.79. The second kappa shape index (κ2) is 5.88. The molecule has 0 aliphatic heterocycles. The first kappa shape index (κ1) is 14.3. The SMILES string of the molecule is Cc1cc(OCc2ncncc2C(=O)O)cc(C)c1Cl. The van der Waals surface area contributed by atoms with Gasteiger partial charge in [-0.25, -0.2) is 14.8 Å². The first-order valence-electron chi connectivity index (χ1n) is 5.90. The van der Waals surface area contributed by atoms with Gasteiger partial charge in [0.2, 0.25) is 0 Å². The van der Waals surface area contributed by atoms with E-state index in [1.807, 2.05) is 13.8 Å². The highest BCUT2D eigenvalue weighted by molar-refractivity contribution is 6.32. The molecule has 0 aliphatic carbocycles. The highest BCUT2D eigenvalue weighted by atomic mass is 35.5. The summed E-state index contributed by atoms with van der Waals surface area (Å²) in [5.74, 6) is -0.452. The summed E-state index contributed by atoms with van der Waals surface area (Å²) in [5, 5.41) is 9.73. The van der Waals surface area contributed by atoms with Crippen molar-refractivity contribution in [3.8, 4) is 5.75 Å². The van der Waals surface area contributed by atoms with Gasteiger partial charge in [-0.1, -0.05) is 11.6 Å². The maximum atomic E-state index is 11.0. The first-order chi connectivity index (χ1) is 9.49. The normalized spacial score (nSPS) is 10.3. The average molecular weight is 293 g/mol. The zero-order valence-electron chi connectivity index (χ0n) is 11.1. The predicted molar refractivity (Wildman–Crippen MR) is 74.2 cm³/mol. The van der Waals surface area contributed by atoms with Crippen LogP contribution in [0.5, 0.6) is 5.75 Å². The van der Waals surface area contributed by atoms with Crippen LogP contribution in [0, 0.1) is 13.8 Å². The molecule has 0 atom stereocenters. The lowest BCUT2D eigenvalue weighted by Gasteiger charge is -2.10. The molecular weight excluding hydrogens is 280 g/mol. The van der Waals surface area contributed by atoms with Crippen molar-refractivity contribution in [2.75, 3.05) is 0 Å². The molecule has 0 bridgehead atoms. The molecule has 1 aromatic heterocycles. The molecule has 20 heavy (non-hydrogen) atoms. The van der Waals surface area contributed by atoms with Crippen LogP contribution in [-0.4, -0.2) is 21.0 Å². The maximum absolute atomic E-state index is 11.0. The van der Waals surface area contributed by atoms with Gasteiger partial charge in [-0.05, 0) is 37.1 Å². The predicted octanol–water partition coefficient (Wildman–Crippen LogP) is 3.02. The van der Waals surface area contributed by atoms with Crippen molar-refractivity contribution in [3.05, 3.63) is 52.1 Å². The van der Waals surface area contributed by atoms with Crippen molar-refractivity contribution in [3.63, 3.8) is 0 Å². The summed E-state index contributed by atoms with van der Waals surface area (Å²) in [5.41, 5.74) is 2.18. The summed E-state index contributed by atoms with van der Waals surface area (Å²) in [6.45, 7) is 3.83. The summed E-state index contributed by atoms with van der Waals surface area (Å²) >= 11 is 6.08. The number of ether oxygens (including phenoxy) is 1. The summed E-state index contributed by atoms with van der Waals surface area (Å²) in [7, 11) is 0. The van der Waals surface area contributed by atoms with E-state index in [1.54, 1.807) is 12.1 Å². The van der Waals surface area contributed by atoms with Crippen molar-refractivity contribution in [1.82, 2.24) is 9.97 Å². The molecule has 104 valence electrons. The van der Waals surface area contributed by atoms with Gasteiger partial charge in [0.1, 0.15) is 24.2 Å². The minimum atomic E-state index is -1.08. The molecule has 0 fully saturated rings. The third kappa shape index (κ3) is 3.05. The first-order valence-corrected chi connectivity index (χ1v) is 6.28. The molecule has 2 rings (SSSR count). The van der Waals surface area contributed by atoms with Gasteiger partial charge < -0.3 is 9.84 Å². The second-order valence-corrected chi connectivity index (χ2v) is 4.73. The van der Waals surface area contributed by atoms with Crippen LogP contribution in [0.3, 0.4) is 0 Å². The second-order valence-electron chi connectivity index (χ2n) is 4.35. The summed E-state index contributed by atoms with van der Waals surface area (Å²) in [6, 6.07) is 3.61. The number of aromatic carboxylic acids is 1. The number of carboxylic acid groups (broad SMARTS) is 1. The third-order valence-corrected chi connectivity index (χ3v) is 3.41. The summed E-state index contributed by atoms with van der Waals surface area (Å²) in [4.78, 5) is 18.7. The molecular formula is C14H13ClN2O3. The smallest absolute Gasteiger partial charge is 0.339 e. The van der Waals surface area contributed by atoms with Gasteiger partial charge in [0.25, 0.3) is 0 Å². The van der Waals surface area contributed by atoms with E-state index in [0.717, 1.165) is 11.1 Å². The Bertz CT molecular complexity index is 636. The van der Waals surface area contributed by atoms with E-state index in [-0.39, 0.29) is 12.2 Å². The van der Waals surface area contributed by atoms with Crippen LogP contribution in [0.15, 0.2) is 24.7 Å². The van der Waals surface area contributed by atoms with Crippen LogP contribution in [0.2, 0.25) is 5.02 Å². The van der Waals surface area contributed by atoms with Crippen LogP contribution in [0.25, 0.3) is 0 Å². The Balaban J connectivity index is 2.19. The van der Waals surface area contributed by atoms with Crippen molar-refractivity contribution in [2.45, 2.75) is 20.5 Å². The Kier molecular flexibility index (Phi) is 4.20. The monoisotopic (exact) mass is 292 g/mol. The quantitative estimate of drug-likeness (QED) is 0.938. The Morgan fingerprint density at radius 1 is 1.35 bits per heavy atom. The molecule has 0 saturated carbocycles. The molecule has 0 radical (unpaired) electrons. The molecule has 0 spiro atoms. The Morgan fingerprint density at radius 3 is 2.60 bits per heavy atom. The van der Waals surface area contributed by atoms with Crippen LogP contribution in [-0.2, 0) is 6.61 Å². The highest BCUT2D eigenvalue weighted by Gasteiger charge is 2.12. The van der Waals surface area contributed by atoms with E-state index < -0.39 is 5.97 Å². The zero-order chi connectivity index (χ0) is 14.7. The minimum absolute atomic E-state index is 0.0370. The van der Waals surface area contributed by atoms with Crippen LogP contribution in [0.4, 0.5) is 0 Å². The van der Waals surface area contributed by atoms with Crippen LogP contribution in [0.1, 0.15) is 27.2 Å². The number of carbonyl (C=O) groups is 1. The summed E-state index contributed by atoms with van der Waals surface area (Å²) in [6.07, 6.45) is 2.55. The molecule has 0 unspecified atom stereocenters. The largest absolute Gasteiger partial charge is 0.487 e. The van der Waals surface area contributed by atoms with Crippen LogP contribution >= 0.6 is 11.6 Å². The lowest BCUT2D eigenvalue weighted by molar-refractivity contribution is 0.0692. The minimum Gasteiger partial charge on any atom is -0.487 e. The van der Waals surface area contributed by atoms with E-state index in [4.69, 9.17) is 21.4 Å². The number of rotatable bonds is 4. The molecule has 0 aliphatic rings. The number of benzene rings is 1. The summed E-state index contributed by atoms with van der Waals surface area (Å²) < 4.78 is 5.59. The standard InChI is InChI=1S/C14H13ClN2O3/c1-8-3-10(4-9(2)13(8)15)20-6-12-11(14(18)19)5-16-7-17-12/h3-5,7H,6H2,1-2H3,(H,18,19). The molecule has 2 aromatic rings. The number of nitrogens with zero attached hydrogens (tertiary/aromatic N) is 2. The lowest BCUT2D eigenvalue weighted by atomic mass is 10.1. The number of hydrogen-bond acceptors (Lipinski definition) is 4. The van der Waals surface area contributed by atoms with Crippen molar-refractivity contribution in [2.24, 2.45) is 0 Å². The molecule has 1 N–H and O–H groups in total. The molecule has 0 amide bonds. The topological polar surface area (TPSA) is 72.3 Å². The van der Waals surface area contributed by atoms with Gasteiger partial charge in [-0.15, -0.1) is 0 Å². The number of carboxylic acids is 1. The number of halogens is 1. The fourth-order valence-corrected chi connectivity index (χ4v) is 1.90. The van der Waals surface area contributed by atoms with Gasteiger partial charge in [0.05, 0.1) is 5.69 Å². The average Bonchev–Trinajstić information content (AvgIpc) is 2.42. The number of aryl methyl sites for hydroxylation is 2. The Morgan fingerprint density at radius 2 is 2.00 bits per heavy atom. The molecule has 0 saturated heterocycles.